The van der Waals surface area contributed by atoms with Gasteiger partial charge < -0.3 is 10.2 Å². The molecule has 1 saturated heterocycles. The van der Waals surface area contributed by atoms with Gasteiger partial charge in [-0.05, 0) is 42.6 Å². The van der Waals surface area contributed by atoms with Gasteiger partial charge in [0, 0.05) is 0 Å². The molecule has 0 radical (unpaired) electrons. The van der Waals surface area contributed by atoms with E-state index in [-0.39, 0.29) is 6.04 Å². The monoisotopic (exact) mass is 387 g/mol. The van der Waals surface area contributed by atoms with Gasteiger partial charge in [0.05, 0.1) is 6.04 Å². The summed E-state index contributed by atoms with van der Waals surface area (Å²) in [4.78, 5) is 2.33. The van der Waals surface area contributed by atoms with Gasteiger partial charge in [-0.15, -0.1) is 0 Å². The predicted octanol–water partition coefficient (Wildman–Crippen LogP) is 4.51. The van der Waals surface area contributed by atoms with Crippen molar-refractivity contribution >= 4 is 0 Å². The second kappa shape index (κ2) is 8.91. The highest BCUT2D eigenvalue weighted by Gasteiger charge is 2.45. The molecule has 0 bridgehead atoms. The molecule has 3 heteroatoms. The largest absolute Gasteiger partial charge is 0.387 e. The Morgan fingerprint density at radius 2 is 1.10 bits per heavy atom. The van der Waals surface area contributed by atoms with Crippen LogP contribution < -0.4 is 0 Å². The fourth-order valence-electron chi connectivity index (χ4n) is 4.56. The molecule has 150 valence electrons. The van der Waals surface area contributed by atoms with Crippen molar-refractivity contribution in [3.8, 4) is 0 Å². The first-order chi connectivity index (χ1) is 14.2. The summed E-state index contributed by atoms with van der Waals surface area (Å²) in [7, 11) is 0. The summed E-state index contributed by atoms with van der Waals surface area (Å²) in [5.74, 6) is 0. The molecule has 1 aliphatic heterocycles. The number of piperidine rings is 1. The smallest absolute Gasteiger partial charge is 0.142 e. The Balaban J connectivity index is 1.83. The van der Waals surface area contributed by atoms with Crippen LogP contribution in [0.2, 0.25) is 0 Å². The lowest BCUT2D eigenvalue weighted by Crippen LogP contribution is -2.50. The molecular formula is C26H29NO2. The summed E-state index contributed by atoms with van der Waals surface area (Å²) in [6.45, 7) is 1.85. The number of aliphatic hydroxyl groups is 2. The summed E-state index contributed by atoms with van der Waals surface area (Å²) in [5.41, 5.74) is 0.931. The van der Waals surface area contributed by atoms with Crippen LogP contribution in [0.1, 0.15) is 42.0 Å². The Labute approximate surface area is 173 Å². The van der Waals surface area contributed by atoms with Gasteiger partial charge in [0.15, 0.2) is 0 Å². The molecule has 0 saturated carbocycles. The molecule has 2 N–H and O–H groups in total. The van der Waals surface area contributed by atoms with Crippen molar-refractivity contribution < 1.29 is 10.2 Å². The van der Waals surface area contributed by atoms with Crippen LogP contribution in [0.15, 0.2) is 91.0 Å². The van der Waals surface area contributed by atoms with Crippen molar-refractivity contribution in [3.05, 3.63) is 108 Å². The maximum Gasteiger partial charge on any atom is 0.142 e. The summed E-state index contributed by atoms with van der Waals surface area (Å²) < 4.78 is 0. The van der Waals surface area contributed by atoms with E-state index >= 15 is 0 Å². The number of rotatable bonds is 6. The van der Waals surface area contributed by atoms with Crippen LogP contribution in [-0.4, -0.2) is 34.3 Å². The van der Waals surface area contributed by atoms with Gasteiger partial charge in [0.2, 0.25) is 0 Å². The molecule has 3 aromatic rings. The first-order valence-corrected chi connectivity index (χ1v) is 10.5. The minimum Gasteiger partial charge on any atom is -0.387 e. The Morgan fingerprint density at radius 1 is 0.655 bits per heavy atom. The molecule has 29 heavy (non-hydrogen) atoms. The van der Waals surface area contributed by atoms with E-state index in [1.165, 1.54) is 6.42 Å². The van der Waals surface area contributed by atoms with Crippen LogP contribution in [-0.2, 0) is 5.60 Å². The summed E-state index contributed by atoms with van der Waals surface area (Å²) >= 11 is 0. The normalized spacial score (nSPS) is 17.6. The van der Waals surface area contributed by atoms with Crippen molar-refractivity contribution in [3.63, 3.8) is 0 Å². The third-order valence-corrected chi connectivity index (χ3v) is 6.08. The van der Waals surface area contributed by atoms with Gasteiger partial charge in [0.1, 0.15) is 11.7 Å². The second-order valence-electron chi connectivity index (χ2n) is 7.90. The zero-order valence-corrected chi connectivity index (χ0v) is 16.7. The minimum absolute atomic E-state index is 0.290. The molecule has 2 atom stereocenters. The lowest BCUT2D eigenvalue weighted by molar-refractivity contribution is -0.0958. The molecule has 0 spiro atoms. The Bertz CT molecular complexity index is 837. The highest BCUT2D eigenvalue weighted by molar-refractivity contribution is 5.39. The first-order valence-electron chi connectivity index (χ1n) is 10.5. The Morgan fingerprint density at radius 3 is 1.59 bits per heavy atom. The average molecular weight is 388 g/mol. The lowest BCUT2D eigenvalue weighted by atomic mass is 9.76. The number of hydrogen-bond acceptors (Lipinski definition) is 3. The van der Waals surface area contributed by atoms with Crippen molar-refractivity contribution in [1.29, 1.82) is 0 Å². The quantitative estimate of drug-likeness (QED) is 0.654. The first kappa shape index (κ1) is 19.8. The summed E-state index contributed by atoms with van der Waals surface area (Å²) in [5, 5.41) is 24.0. The third-order valence-electron chi connectivity index (χ3n) is 6.08. The fourth-order valence-corrected chi connectivity index (χ4v) is 4.56. The van der Waals surface area contributed by atoms with Gasteiger partial charge in [-0.3, -0.25) is 4.90 Å². The SMILES string of the molecule is O[C@H]([C@@H](c1ccccc1)N1CCCCC1)C(O)(c1ccccc1)c1ccccc1. The van der Waals surface area contributed by atoms with E-state index in [2.05, 4.69) is 17.0 Å². The molecule has 4 rings (SSSR count). The van der Waals surface area contributed by atoms with E-state index in [1.54, 1.807) is 0 Å². The molecule has 1 heterocycles. The lowest BCUT2D eigenvalue weighted by Gasteiger charge is -2.44. The molecule has 1 aliphatic rings. The molecule has 3 nitrogen and oxygen atoms in total. The van der Waals surface area contributed by atoms with Crippen LogP contribution >= 0.6 is 0 Å². The van der Waals surface area contributed by atoms with E-state index in [0.717, 1.165) is 31.5 Å². The second-order valence-corrected chi connectivity index (χ2v) is 7.90. The maximum atomic E-state index is 12.1. The van der Waals surface area contributed by atoms with Gasteiger partial charge in [-0.2, -0.15) is 0 Å². The predicted molar refractivity (Wildman–Crippen MR) is 116 cm³/mol. The van der Waals surface area contributed by atoms with Crippen LogP contribution in [0.25, 0.3) is 0 Å². The van der Waals surface area contributed by atoms with Crippen molar-refractivity contribution in [1.82, 2.24) is 4.90 Å². The zero-order chi connectivity index (χ0) is 20.1. The van der Waals surface area contributed by atoms with Gasteiger partial charge >= 0.3 is 0 Å². The van der Waals surface area contributed by atoms with E-state index in [4.69, 9.17) is 0 Å². The van der Waals surface area contributed by atoms with Crippen molar-refractivity contribution in [2.75, 3.05) is 13.1 Å². The summed E-state index contributed by atoms with van der Waals surface area (Å²) in [6, 6.07) is 28.9. The van der Waals surface area contributed by atoms with Crippen molar-refractivity contribution in [2.45, 2.75) is 37.0 Å². The molecule has 1 fully saturated rings. The van der Waals surface area contributed by atoms with E-state index in [1.807, 2.05) is 78.9 Å². The van der Waals surface area contributed by atoms with Crippen LogP contribution in [0, 0.1) is 0 Å². The Kier molecular flexibility index (Phi) is 6.10. The number of benzene rings is 3. The molecule has 0 unspecified atom stereocenters. The topological polar surface area (TPSA) is 43.7 Å². The summed E-state index contributed by atoms with van der Waals surface area (Å²) in [6.07, 6.45) is 2.43. The fraction of sp³-hybridized carbons (Fsp3) is 0.308. The van der Waals surface area contributed by atoms with Crippen LogP contribution in [0.4, 0.5) is 0 Å². The van der Waals surface area contributed by atoms with Gasteiger partial charge in [0.25, 0.3) is 0 Å². The van der Waals surface area contributed by atoms with Crippen LogP contribution in [0.5, 0.6) is 0 Å². The molecule has 0 amide bonds. The highest BCUT2D eigenvalue weighted by atomic mass is 16.3. The number of aliphatic hydroxyl groups excluding tert-OH is 1. The highest BCUT2D eigenvalue weighted by Crippen LogP contribution is 2.41. The number of hydrogen-bond donors (Lipinski definition) is 2. The number of likely N-dealkylation sites (tertiary alicyclic amines) is 1. The zero-order valence-electron chi connectivity index (χ0n) is 16.7. The molecular weight excluding hydrogens is 358 g/mol. The molecule has 0 aromatic heterocycles. The Hall–Kier alpha value is -2.46. The molecule has 0 aliphatic carbocycles. The van der Waals surface area contributed by atoms with E-state index in [9.17, 15) is 10.2 Å². The van der Waals surface area contributed by atoms with Crippen molar-refractivity contribution in [2.24, 2.45) is 0 Å². The van der Waals surface area contributed by atoms with Gasteiger partial charge in [-0.25, -0.2) is 0 Å². The third kappa shape index (κ3) is 3.99. The number of nitrogens with zero attached hydrogens (tertiary/aromatic N) is 1. The standard InChI is InChI=1S/C26H29NO2/c28-25(24(21-13-5-1-6-14-21)27-19-11-4-12-20-27)26(29,22-15-7-2-8-16-22)23-17-9-3-10-18-23/h1-3,5-10,13-18,24-25,28-29H,4,11-12,19-20H2/t24-,25-/m1/s1. The molecule has 3 aromatic carbocycles. The van der Waals surface area contributed by atoms with E-state index < -0.39 is 11.7 Å². The maximum absolute atomic E-state index is 12.1. The van der Waals surface area contributed by atoms with Gasteiger partial charge in [-0.1, -0.05) is 97.4 Å². The van der Waals surface area contributed by atoms with E-state index in [0.29, 0.717) is 11.1 Å². The average Bonchev–Trinajstić information content (AvgIpc) is 2.81. The minimum atomic E-state index is -1.51. The van der Waals surface area contributed by atoms with Crippen LogP contribution in [0.3, 0.4) is 0 Å².